The van der Waals surface area contributed by atoms with Crippen molar-refractivity contribution in [3.8, 4) is 0 Å². The average molecular weight is 374 g/mol. The molecule has 0 aliphatic heterocycles. The standard InChI is InChI=1S/C14H12NO.3CH3.Sn/c1-11(16)14-10-15-9-13(14)8-7-12-5-3-2-4-6-12;;;;/h2-9,15H,1H3;3*1H3;/b8-7+;;;;. The van der Waals surface area contributed by atoms with Crippen LogP contribution in [0.25, 0.3) is 12.2 Å². The molecule has 20 heavy (non-hydrogen) atoms. The molecule has 0 amide bonds. The number of aromatic nitrogens is 1. The van der Waals surface area contributed by atoms with Gasteiger partial charge in [-0.2, -0.15) is 0 Å². The van der Waals surface area contributed by atoms with Gasteiger partial charge in [0.05, 0.1) is 0 Å². The fourth-order valence-corrected chi connectivity index (χ4v) is 6.79. The molecule has 0 aliphatic carbocycles. The van der Waals surface area contributed by atoms with Crippen LogP contribution in [0.1, 0.15) is 28.4 Å². The molecule has 0 atom stereocenters. The summed E-state index contributed by atoms with van der Waals surface area (Å²) in [7, 11) is 0. The van der Waals surface area contributed by atoms with E-state index in [-0.39, 0.29) is 5.78 Å². The van der Waals surface area contributed by atoms with E-state index in [2.05, 4.69) is 38.0 Å². The molecule has 0 radical (unpaired) electrons. The van der Waals surface area contributed by atoms with Crippen molar-refractivity contribution < 1.29 is 4.79 Å². The molecule has 2 rings (SSSR count). The van der Waals surface area contributed by atoms with Crippen molar-refractivity contribution in [1.29, 1.82) is 0 Å². The van der Waals surface area contributed by atoms with Gasteiger partial charge < -0.3 is 0 Å². The van der Waals surface area contributed by atoms with E-state index in [0.717, 1.165) is 16.7 Å². The molecular formula is C17H21NOSn. The Labute approximate surface area is 124 Å². The second kappa shape index (κ2) is 6.00. The molecule has 2 aromatic rings. The Balaban J connectivity index is 2.41. The zero-order chi connectivity index (χ0) is 14.8. The van der Waals surface area contributed by atoms with Crippen LogP contribution in [0, 0.1) is 0 Å². The normalized spacial score (nSPS) is 12.0. The van der Waals surface area contributed by atoms with Crippen LogP contribution in [0.2, 0.25) is 14.8 Å². The van der Waals surface area contributed by atoms with Gasteiger partial charge >= 0.3 is 125 Å². The molecule has 1 aromatic heterocycles. The zero-order valence-corrected chi connectivity index (χ0v) is 15.4. The number of carbonyl (C=O) groups is 1. The van der Waals surface area contributed by atoms with E-state index < -0.39 is 18.4 Å². The summed E-state index contributed by atoms with van der Waals surface area (Å²) in [5.74, 6) is 0.153. The Bertz CT molecular complexity index is 633. The van der Waals surface area contributed by atoms with Gasteiger partial charge in [-0.3, -0.25) is 0 Å². The van der Waals surface area contributed by atoms with Crippen molar-refractivity contribution in [2.75, 3.05) is 0 Å². The Morgan fingerprint density at radius 1 is 1.10 bits per heavy atom. The van der Waals surface area contributed by atoms with Crippen LogP contribution in [0.15, 0.2) is 36.5 Å². The number of ketones is 1. The van der Waals surface area contributed by atoms with Crippen molar-refractivity contribution in [3.63, 3.8) is 0 Å². The predicted molar refractivity (Wildman–Crippen MR) is 89.1 cm³/mol. The minimum atomic E-state index is -2.29. The molecule has 0 saturated heterocycles. The summed E-state index contributed by atoms with van der Waals surface area (Å²) in [6.45, 7) is 1.66. The number of rotatable bonds is 4. The molecule has 1 heterocycles. The van der Waals surface area contributed by atoms with Gasteiger partial charge in [-0.05, 0) is 0 Å². The third-order valence-corrected chi connectivity index (χ3v) is 8.67. The molecular weight excluding hydrogens is 353 g/mol. The van der Waals surface area contributed by atoms with E-state index in [1.165, 1.54) is 3.71 Å². The van der Waals surface area contributed by atoms with E-state index in [4.69, 9.17) is 0 Å². The fraction of sp³-hybridized carbons (Fsp3) is 0.235. The van der Waals surface area contributed by atoms with Gasteiger partial charge in [-0.25, -0.2) is 0 Å². The van der Waals surface area contributed by atoms with Crippen LogP contribution in [-0.4, -0.2) is 29.1 Å². The number of H-pyrrole nitrogens is 1. The molecule has 3 heteroatoms. The first kappa shape index (κ1) is 15.1. The Morgan fingerprint density at radius 3 is 2.30 bits per heavy atom. The zero-order valence-electron chi connectivity index (χ0n) is 12.5. The summed E-state index contributed by atoms with van der Waals surface area (Å²) >= 11 is -2.29. The van der Waals surface area contributed by atoms with E-state index in [9.17, 15) is 4.79 Å². The topological polar surface area (TPSA) is 32.9 Å². The minimum absolute atomic E-state index is 0.153. The summed E-state index contributed by atoms with van der Waals surface area (Å²) < 4.78 is 1.21. The number of hydrogen-bond donors (Lipinski definition) is 1. The summed E-state index contributed by atoms with van der Waals surface area (Å²) in [5, 5.41) is 0. The third kappa shape index (κ3) is 3.42. The number of hydrogen-bond acceptors (Lipinski definition) is 1. The van der Waals surface area contributed by atoms with Gasteiger partial charge in [0.25, 0.3) is 0 Å². The van der Waals surface area contributed by atoms with Gasteiger partial charge in [-0.1, -0.05) is 0 Å². The van der Waals surface area contributed by atoms with Gasteiger partial charge in [-0.15, -0.1) is 0 Å². The molecule has 0 bridgehead atoms. The first-order valence-electron chi connectivity index (χ1n) is 6.85. The SMILES string of the molecule is CC(=O)c1c(/C=C/c2ccccc2)c[nH][c]1[Sn]([CH3])([CH3])[CH3]. The number of nitrogens with one attached hydrogen (secondary N) is 1. The Morgan fingerprint density at radius 2 is 1.75 bits per heavy atom. The Hall–Kier alpha value is -1.29. The fourth-order valence-electron chi connectivity index (χ4n) is 2.29. The molecule has 0 spiro atoms. The third-order valence-electron chi connectivity index (χ3n) is 3.27. The van der Waals surface area contributed by atoms with E-state index >= 15 is 0 Å². The molecule has 1 aromatic carbocycles. The Kier molecular flexibility index (Phi) is 4.53. The van der Waals surface area contributed by atoms with Crippen LogP contribution in [-0.2, 0) is 0 Å². The maximum atomic E-state index is 12.0. The van der Waals surface area contributed by atoms with Crippen LogP contribution in [0.4, 0.5) is 0 Å². The van der Waals surface area contributed by atoms with Gasteiger partial charge in [0.1, 0.15) is 0 Å². The van der Waals surface area contributed by atoms with Crippen molar-refractivity contribution in [3.05, 3.63) is 53.2 Å². The van der Waals surface area contributed by atoms with E-state index in [1.807, 2.05) is 30.5 Å². The first-order valence-corrected chi connectivity index (χ1v) is 16.8. The van der Waals surface area contributed by atoms with Crippen LogP contribution in [0.5, 0.6) is 0 Å². The summed E-state index contributed by atoms with van der Waals surface area (Å²) in [4.78, 5) is 22.3. The number of carbonyl (C=O) groups excluding carboxylic acids is 1. The van der Waals surface area contributed by atoms with Crippen LogP contribution in [0.3, 0.4) is 0 Å². The first-order chi connectivity index (χ1) is 9.39. The summed E-state index contributed by atoms with van der Waals surface area (Å²) in [6.07, 6.45) is 6.05. The van der Waals surface area contributed by atoms with Crippen LogP contribution < -0.4 is 3.71 Å². The molecule has 104 valence electrons. The van der Waals surface area contributed by atoms with Gasteiger partial charge in [0.2, 0.25) is 0 Å². The van der Waals surface area contributed by atoms with Crippen molar-refractivity contribution in [2.45, 2.75) is 21.7 Å². The number of aromatic amines is 1. The second-order valence-corrected chi connectivity index (χ2v) is 20.3. The van der Waals surface area contributed by atoms with Crippen molar-refractivity contribution in [1.82, 2.24) is 4.98 Å². The predicted octanol–water partition coefficient (Wildman–Crippen LogP) is 3.93. The molecule has 0 fully saturated rings. The molecule has 0 aliphatic rings. The summed E-state index contributed by atoms with van der Waals surface area (Å²) in [5.41, 5.74) is 3.03. The summed E-state index contributed by atoms with van der Waals surface area (Å²) in [6, 6.07) is 10.1. The van der Waals surface area contributed by atoms with Crippen molar-refractivity contribution >= 4 is 40.0 Å². The van der Waals surface area contributed by atoms with Crippen molar-refractivity contribution in [2.24, 2.45) is 0 Å². The second-order valence-electron chi connectivity index (χ2n) is 6.04. The number of Topliss-reactive ketones (excluding diaryl/α,β-unsaturated/α-hetero) is 1. The maximum absolute atomic E-state index is 12.0. The molecule has 0 saturated carbocycles. The van der Waals surface area contributed by atoms with Gasteiger partial charge in [0.15, 0.2) is 0 Å². The van der Waals surface area contributed by atoms with E-state index in [0.29, 0.717) is 0 Å². The molecule has 1 N–H and O–H groups in total. The number of benzene rings is 1. The van der Waals surface area contributed by atoms with Gasteiger partial charge in [0, 0.05) is 0 Å². The van der Waals surface area contributed by atoms with Crippen LogP contribution >= 0.6 is 0 Å². The molecule has 0 unspecified atom stereocenters. The average Bonchev–Trinajstić information content (AvgIpc) is 2.81. The quantitative estimate of drug-likeness (QED) is 0.639. The monoisotopic (exact) mass is 375 g/mol. The van der Waals surface area contributed by atoms with E-state index in [1.54, 1.807) is 6.92 Å². The molecule has 2 nitrogen and oxygen atoms in total.